The van der Waals surface area contributed by atoms with Gasteiger partial charge in [0.15, 0.2) is 0 Å². The van der Waals surface area contributed by atoms with Crippen LogP contribution in [0.15, 0.2) is 30.3 Å². The summed E-state index contributed by atoms with van der Waals surface area (Å²) in [5.41, 5.74) is 0.321. The summed E-state index contributed by atoms with van der Waals surface area (Å²) in [6, 6.07) is 7.73. The summed E-state index contributed by atoms with van der Waals surface area (Å²) in [7, 11) is 0. The number of likely N-dealkylation sites (N-methyl/N-ethyl adjacent to an activating group) is 1. The first kappa shape index (κ1) is 18.9. The molecule has 0 saturated heterocycles. The second-order valence-electron chi connectivity index (χ2n) is 8.01. The van der Waals surface area contributed by atoms with Crippen LogP contribution in [0.4, 0.5) is 0 Å². The van der Waals surface area contributed by atoms with Crippen LogP contribution >= 0.6 is 0 Å². The third-order valence-corrected chi connectivity index (χ3v) is 4.81. The highest BCUT2D eigenvalue weighted by Gasteiger charge is 2.36. The van der Waals surface area contributed by atoms with Crippen LogP contribution in [0.1, 0.15) is 50.2 Å². The lowest BCUT2D eigenvalue weighted by atomic mass is 9.85. The minimum absolute atomic E-state index is 0.227. The SMILES string of the molecule is [2H]C([2H])([2H])NC(=O)[C@@H](NC(=O)[C@H](CCCc1ccccc1)[C@H](C)N(O)C=O)C(C)(C)C. The molecule has 0 aliphatic heterocycles. The largest absolute Gasteiger partial charge is 0.357 e. The number of hydroxylamine groups is 2. The fourth-order valence-corrected chi connectivity index (χ4v) is 3.04. The van der Waals surface area contributed by atoms with Crippen molar-refractivity contribution in [3.63, 3.8) is 0 Å². The number of hydrogen-bond acceptors (Lipinski definition) is 4. The summed E-state index contributed by atoms with van der Waals surface area (Å²) in [6.07, 6.45) is 1.89. The number of carbonyl (C=O) groups excluding carboxylic acids is 3. The Labute approximate surface area is 171 Å². The number of hydrogen-bond donors (Lipinski definition) is 3. The highest BCUT2D eigenvalue weighted by atomic mass is 16.5. The first-order valence-corrected chi connectivity index (χ1v) is 9.35. The molecule has 0 heterocycles. The minimum atomic E-state index is -2.69. The summed E-state index contributed by atoms with van der Waals surface area (Å²) < 4.78 is 21.8. The van der Waals surface area contributed by atoms with E-state index in [-0.39, 0.29) is 6.41 Å². The molecule has 0 bridgehead atoms. The molecule has 0 aliphatic carbocycles. The van der Waals surface area contributed by atoms with E-state index < -0.39 is 42.2 Å². The Bertz CT molecular complexity index is 736. The van der Waals surface area contributed by atoms with E-state index in [9.17, 15) is 19.6 Å². The molecule has 0 fully saturated rings. The maximum Gasteiger partial charge on any atom is 0.242 e. The molecule has 0 radical (unpaired) electrons. The van der Waals surface area contributed by atoms with Gasteiger partial charge in [-0.15, -0.1) is 0 Å². The summed E-state index contributed by atoms with van der Waals surface area (Å²) in [5, 5.41) is 14.8. The fraction of sp³-hybridized carbons (Fsp3) is 0.571. The van der Waals surface area contributed by atoms with Crippen LogP contribution in [-0.4, -0.2) is 47.6 Å². The smallest absolute Gasteiger partial charge is 0.242 e. The number of carbonyl (C=O) groups is 3. The van der Waals surface area contributed by atoms with Gasteiger partial charge in [-0.05, 0) is 37.2 Å². The maximum atomic E-state index is 13.1. The molecule has 1 aromatic rings. The minimum Gasteiger partial charge on any atom is -0.357 e. The fourth-order valence-electron chi connectivity index (χ4n) is 3.04. The Morgan fingerprint density at radius 2 is 1.89 bits per heavy atom. The Hall–Kier alpha value is -2.41. The van der Waals surface area contributed by atoms with Crippen molar-refractivity contribution in [3.8, 4) is 0 Å². The van der Waals surface area contributed by atoms with E-state index in [4.69, 9.17) is 4.11 Å². The molecule has 0 aromatic heterocycles. The number of nitrogens with zero attached hydrogens (tertiary/aromatic N) is 1. The van der Waals surface area contributed by atoms with E-state index in [1.54, 1.807) is 20.8 Å². The van der Waals surface area contributed by atoms with E-state index in [1.165, 1.54) is 6.92 Å². The lowest BCUT2D eigenvalue weighted by molar-refractivity contribution is -0.166. The molecule has 3 atom stereocenters. The number of nitrogens with one attached hydrogen (secondary N) is 2. The van der Waals surface area contributed by atoms with Crippen molar-refractivity contribution >= 4 is 18.2 Å². The van der Waals surface area contributed by atoms with Gasteiger partial charge in [-0.3, -0.25) is 19.6 Å². The molecule has 7 heteroatoms. The van der Waals surface area contributed by atoms with Gasteiger partial charge in [-0.1, -0.05) is 51.1 Å². The molecule has 1 aromatic carbocycles. The monoisotopic (exact) mass is 394 g/mol. The molecule has 0 unspecified atom stereocenters. The van der Waals surface area contributed by atoms with E-state index in [2.05, 4.69) is 5.32 Å². The molecule has 7 nitrogen and oxygen atoms in total. The molecule has 0 aliphatic rings. The van der Waals surface area contributed by atoms with Gasteiger partial charge in [0.2, 0.25) is 18.2 Å². The zero-order valence-electron chi connectivity index (χ0n) is 19.9. The van der Waals surface area contributed by atoms with Gasteiger partial charge in [0, 0.05) is 11.1 Å². The average Bonchev–Trinajstić information content (AvgIpc) is 2.66. The molecule has 1 rings (SSSR count). The van der Waals surface area contributed by atoms with E-state index in [0.29, 0.717) is 24.3 Å². The molecular formula is C21H33N3O4. The van der Waals surface area contributed by atoms with Crippen molar-refractivity contribution in [2.45, 2.75) is 59.0 Å². The van der Waals surface area contributed by atoms with E-state index in [0.717, 1.165) is 5.56 Å². The van der Waals surface area contributed by atoms with Gasteiger partial charge >= 0.3 is 0 Å². The number of rotatable bonds is 10. The Morgan fingerprint density at radius 1 is 1.25 bits per heavy atom. The second kappa shape index (κ2) is 10.8. The zero-order chi connectivity index (χ0) is 23.8. The second-order valence-corrected chi connectivity index (χ2v) is 8.01. The first-order valence-electron chi connectivity index (χ1n) is 10.8. The third-order valence-electron chi connectivity index (χ3n) is 4.81. The average molecular weight is 395 g/mol. The standard InChI is InChI=1S/C21H33N3O4/c1-15(24(28)14-25)17(13-9-12-16-10-7-6-8-11-16)19(26)23-18(20(27)22-5)21(2,3)4/h6-8,10-11,14-15,17-18,28H,9,12-13H2,1-5H3,(H,22,27)(H,23,26)/t15-,17+,18+/m0/s1/i5D3. The highest BCUT2D eigenvalue weighted by molar-refractivity contribution is 5.89. The predicted octanol–water partition coefficient (Wildman–Crippen LogP) is 2.14. The van der Waals surface area contributed by atoms with Gasteiger partial charge in [0.25, 0.3) is 0 Å². The van der Waals surface area contributed by atoms with E-state index in [1.807, 2.05) is 35.6 Å². The third kappa shape index (κ3) is 6.96. The summed E-state index contributed by atoms with van der Waals surface area (Å²) >= 11 is 0. The number of benzene rings is 1. The zero-order valence-corrected chi connectivity index (χ0v) is 16.9. The predicted molar refractivity (Wildman–Crippen MR) is 107 cm³/mol. The Morgan fingerprint density at radius 3 is 2.43 bits per heavy atom. The van der Waals surface area contributed by atoms with Crippen LogP contribution < -0.4 is 10.6 Å². The van der Waals surface area contributed by atoms with Gasteiger partial charge < -0.3 is 10.6 Å². The van der Waals surface area contributed by atoms with Crippen molar-refractivity contribution in [3.05, 3.63) is 35.9 Å². The molecule has 0 saturated carbocycles. The van der Waals surface area contributed by atoms with Gasteiger partial charge in [0.05, 0.1) is 12.0 Å². The Kier molecular flexibility index (Phi) is 7.30. The topological polar surface area (TPSA) is 98.7 Å². The van der Waals surface area contributed by atoms with Crippen LogP contribution in [0.5, 0.6) is 0 Å². The number of aryl methyl sites for hydroxylation is 1. The van der Waals surface area contributed by atoms with E-state index >= 15 is 0 Å². The lowest BCUT2D eigenvalue weighted by Crippen LogP contribution is -2.56. The van der Waals surface area contributed by atoms with Crippen LogP contribution in [0, 0.1) is 11.3 Å². The molecule has 0 spiro atoms. The van der Waals surface area contributed by atoms with Gasteiger partial charge in [-0.25, -0.2) is 5.06 Å². The van der Waals surface area contributed by atoms with Crippen LogP contribution in [-0.2, 0) is 20.8 Å². The first-order chi connectivity index (χ1) is 14.3. The van der Waals surface area contributed by atoms with Crippen molar-refractivity contribution in [1.82, 2.24) is 15.7 Å². The van der Waals surface area contributed by atoms with Crippen molar-refractivity contribution in [2.75, 3.05) is 6.98 Å². The molecule has 3 N–H and O–H groups in total. The van der Waals surface area contributed by atoms with Crippen molar-refractivity contribution in [2.24, 2.45) is 11.3 Å². The highest BCUT2D eigenvalue weighted by Crippen LogP contribution is 2.22. The van der Waals surface area contributed by atoms with Crippen LogP contribution in [0.3, 0.4) is 0 Å². The molecular weight excluding hydrogens is 358 g/mol. The molecule has 3 amide bonds. The Balaban J connectivity index is 2.99. The maximum absolute atomic E-state index is 13.1. The number of amides is 3. The van der Waals surface area contributed by atoms with Crippen molar-refractivity contribution < 1.29 is 23.7 Å². The molecule has 156 valence electrons. The summed E-state index contributed by atoms with van der Waals surface area (Å²) in [6.45, 7) is 3.96. The summed E-state index contributed by atoms with van der Waals surface area (Å²) in [5.74, 6) is -2.17. The van der Waals surface area contributed by atoms with Gasteiger partial charge in [0.1, 0.15) is 6.04 Å². The summed E-state index contributed by atoms with van der Waals surface area (Å²) in [4.78, 5) is 36.6. The molecule has 28 heavy (non-hydrogen) atoms. The van der Waals surface area contributed by atoms with Crippen LogP contribution in [0.2, 0.25) is 0 Å². The van der Waals surface area contributed by atoms with Gasteiger partial charge in [-0.2, -0.15) is 0 Å². The van der Waals surface area contributed by atoms with Crippen molar-refractivity contribution in [1.29, 1.82) is 0 Å². The normalized spacial score (nSPS) is 16.5. The quantitative estimate of drug-likeness (QED) is 0.322. The lowest BCUT2D eigenvalue weighted by Gasteiger charge is -2.33. The van der Waals surface area contributed by atoms with Crippen LogP contribution in [0.25, 0.3) is 0 Å².